The summed E-state index contributed by atoms with van der Waals surface area (Å²) in [6, 6.07) is 4.70. The summed E-state index contributed by atoms with van der Waals surface area (Å²) >= 11 is 3.64. The van der Waals surface area contributed by atoms with E-state index in [0.717, 1.165) is 18.7 Å². The van der Waals surface area contributed by atoms with Crippen molar-refractivity contribution in [2.45, 2.75) is 31.9 Å². The van der Waals surface area contributed by atoms with Crippen LogP contribution in [-0.2, 0) is 17.8 Å². The molecule has 0 saturated carbocycles. The van der Waals surface area contributed by atoms with Crippen molar-refractivity contribution in [1.82, 2.24) is 5.32 Å². The number of ether oxygens (including phenoxy) is 2. The molecule has 0 radical (unpaired) electrons. The van der Waals surface area contributed by atoms with E-state index in [0.29, 0.717) is 19.4 Å². The number of fused-ring (bicyclic) bond motifs is 1. The van der Waals surface area contributed by atoms with Crippen LogP contribution in [0, 0.1) is 0 Å². The largest absolute Gasteiger partial charge is 0.467 e. The van der Waals surface area contributed by atoms with E-state index in [1.54, 1.807) is 0 Å². The molecule has 1 fully saturated rings. The molecule has 2 aliphatic rings. The highest BCUT2D eigenvalue weighted by Gasteiger charge is 2.21. The maximum absolute atomic E-state index is 5.52. The van der Waals surface area contributed by atoms with Crippen molar-refractivity contribution in [3.63, 3.8) is 0 Å². The maximum Gasteiger partial charge on any atom is 0.189 e. The lowest BCUT2D eigenvalue weighted by Gasteiger charge is -2.23. The molecule has 2 aliphatic heterocycles. The van der Waals surface area contributed by atoms with Gasteiger partial charge in [-0.1, -0.05) is 15.9 Å². The molecule has 0 spiro atoms. The fourth-order valence-electron chi connectivity index (χ4n) is 2.58. The Morgan fingerprint density at radius 2 is 2.35 bits per heavy atom. The van der Waals surface area contributed by atoms with Gasteiger partial charge in [0.25, 0.3) is 0 Å². The Bertz CT molecular complexity index is 416. The van der Waals surface area contributed by atoms with Crippen molar-refractivity contribution in [2.75, 3.05) is 13.3 Å². The molecule has 3 nitrogen and oxygen atoms in total. The molecule has 1 aromatic rings. The number of halogens is 1. The summed E-state index contributed by atoms with van der Waals surface area (Å²) in [4.78, 5) is 0. The molecule has 1 N–H and O–H groups in total. The number of hydrogen-bond donors (Lipinski definition) is 1. The SMILES string of the molecule is Brc1ccc2c(c1CC1CCCN1)COCO2. The third-order valence-electron chi connectivity index (χ3n) is 3.49. The van der Waals surface area contributed by atoms with Gasteiger partial charge >= 0.3 is 0 Å². The van der Waals surface area contributed by atoms with E-state index in [4.69, 9.17) is 9.47 Å². The van der Waals surface area contributed by atoms with Gasteiger partial charge in [0.1, 0.15) is 5.75 Å². The Hall–Kier alpha value is -0.580. The zero-order valence-electron chi connectivity index (χ0n) is 9.67. The Kier molecular flexibility index (Phi) is 3.36. The van der Waals surface area contributed by atoms with Crippen LogP contribution in [-0.4, -0.2) is 19.4 Å². The van der Waals surface area contributed by atoms with E-state index in [1.165, 1.54) is 28.4 Å². The van der Waals surface area contributed by atoms with Gasteiger partial charge in [-0.3, -0.25) is 0 Å². The summed E-state index contributed by atoms with van der Waals surface area (Å²) in [6.45, 7) is 2.18. The van der Waals surface area contributed by atoms with Crippen LogP contribution in [0.2, 0.25) is 0 Å². The van der Waals surface area contributed by atoms with E-state index in [1.807, 2.05) is 6.07 Å². The van der Waals surface area contributed by atoms with Crippen molar-refractivity contribution in [1.29, 1.82) is 0 Å². The molecule has 3 rings (SSSR count). The summed E-state index contributed by atoms with van der Waals surface area (Å²) in [6.07, 6.45) is 3.60. The predicted molar refractivity (Wildman–Crippen MR) is 69.2 cm³/mol. The first-order chi connectivity index (χ1) is 8.34. The highest BCUT2D eigenvalue weighted by molar-refractivity contribution is 9.10. The van der Waals surface area contributed by atoms with E-state index < -0.39 is 0 Å². The average molecular weight is 298 g/mol. The fraction of sp³-hybridized carbons (Fsp3) is 0.538. The zero-order chi connectivity index (χ0) is 11.7. The van der Waals surface area contributed by atoms with Gasteiger partial charge in [0.15, 0.2) is 6.79 Å². The van der Waals surface area contributed by atoms with Crippen LogP contribution in [0.5, 0.6) is 5.75 Å². The number of benzene rings is 1. The monoisotopic (exact) mass is 297 g/mol. The molecule has 4 heteroatoms. The summed E-state index contributed by atoms with van der Waals surface area (Å²) in [5.74, 6) is 0.979. The van der Waals surface area contributed by atoms with Crippen LogP contribution >= 0.6 is 15.9 Å². The van der Waals surface area contributed by atoms with Crippen molar-refractivity contribution in [3.8, 4) is 5.75 Å². The summed E-state index contributed by atoms with van der Waals surface area (Å²) in [7, 11) is 0. The molecule has 1 unspecified atom stereocenters. The Balaban J connectivity index is 1.90. The smallest absolute Gasteiger partial charge is 0.189 e. The van der Waals surface area contributed by atoms with Crippen molar-refractivity contribution in [2.24, 2.45) is 0 Å². The first-order valence-electron chi connectivity index (χ1n) is 6.09. The molecular weight excluding hydrogens is 282 g/mol. The molecule has 0 aromatic heterocycles. The van der Waals surface area contributed by atoms with Gasteiger partial charge in [-0.2, -0.15) is 0 Å². The van der Waals surface area contributed by atoms with E-state index in [9.17, 15) is 0 Å². The minimum Gasteiger partial charge on any atom is -0.467 e. The molecule has 0 bridgehead atoms. The van der Waals surface area contributed by atoms with Crippen LogP contribution in [0.1, 0.15) is 24.0 Å². The lowest BCUT2D eigenvalue weighted by Crippen LogP contribution is -2.25. The van der Waals surface area contributed by atoms with Crippen molar-refractivity contribution in [3.05, 3.63) is 27.7 Å². The second kappa shape index (κ2) is 4.96. The van der Waals surface area contributed by atoms with Crippen LogP contribution in [0.15, 0.2) is 16.6 Å². The van der Waals surface area contributed by atoms with Gasteiger partial charge in [-0.15, -0.1) is 0 Å². The van der Waals surface area contributed by atoms with Gasteiger partial charge in [0.05, 0.1) is 6.61 Å². The Morgan fingerprint density at radius 1 is 1.41 bits per heavy atom. The predicted octanol–water partition coefficient (Wildman–Crippen LogP) is 2.61. The van der Waals surface area contributed by atoms with E-state index >= 15 is 0 Å². The summed E-state index contributed by atoms with van der Waals surface area (Å²) in [5, 5.41) is 3.54. The zero-order valence-corrected chi connectivity index (χ0v) is 11.3. The van der Waals surface area contributed by atoms with E-state index in [2.05, 4.69) is 27.3 Å². The minimum atomic E-state index is 0.371. The van der Waals surface area contributed by atoms with Crippen LogP contribution in [0.25, 0.3) is 0 Å². The maximum atomic E-state index is 5.52. The van der Waals surface area contributed by atoms with Gasteiger partial charge in [-0.05, 0) is 43.5 Å². The van der Waals surface area contributed by atoms with Crippen LogP contribution in [0.4, 0.5) is 0 Å². The first-order valence-corrected chi connectivity index (χ1v) is 6.88. The van der Waals surface area contributed by atoms with Crippen molar-refractivity contribution >= 4 is 15.9 Å². The lowest BCUT2D eigenvalue weighted by molar-refractivity contribution is -0.0169. The number of hydrogen-bond acceptors (Lipinski definition) is 3. The molecule has 2 heterocycles. The van der Waals surface area contributed by atoms with Gasteiger partial charge in [0, 0.05) is 16.1 Å². The molecule has 1 aromatic carbocycles. The normalized spacial score (nSPS) is 23.2. The molecule has 0 amide bonds. The molecule has 17 heavy (non-hydrogen) atoms. The summed E-state index contributed by atoms with van der Waals surface area (Å²) in [5.41, 5.74) is 2.54. The lowest BCUT2D eigenvalue weighted by atomic mass is 9.98. The molecule has 0 aliphatic carbocycles. The summed E-state index contributed by atoms with van der Waals surface area (Å²) < 4.78 is 12.1. The molecule has 1 saturated heterocycles. The second-order valence-corrected chi connectivity index (χ2v) is 5.47. The van der Waals surface area contributed by atoms with Gasteiger partial charge in [0.2, 0.25) is 0 Å². The van der Waals surface area contributed by atoms with E-state index in [-0.39, 0.29) is 0 Å². The third-order valence-corrected chi connectivity index (χ3v) is 4.23. The average Bonchev–Trinajstić information content (AvgIpc) is 2.86. The van der Waals surface area contributed by atoms with Crippen molar-refractivity contribution < 1.29 is 9.47 Å². The first kappa shape index (κ1) is 11.5. The Morgan fingerprint density at radius 3 is 3.18 bits per heavy atom. The fourth-order valence-corrected chi connectivity index (χ4v) is 3.12. The highest BCUT2D eigenvalue weighted by atomic mass is 79.9. The van der Waals surface area contributed by atoms with Crippen LogP contribution in [0.3, 0.4) is 0 Å². The number of rotatable bonds is 2. The Labute approximate surface area is 110 Å². The quantitative estimate of drug-likeness (QED) is 0.910. The van der Waals surface area contributed by atoms with Crippen LogP contribution < -0.4 is 10.1 Å². The minimum absolute atomic E-state index is 0.371. The molecule has 92 valence electrons. The molecular formula is C13H16BrNO2. The standard InChI is InChI=1S/C13H16BrNO2/c14-12-3-4-13-11(7-16-8-17-13)10(12)6-9-2-1-5-15-9/h3-4,9,15H,1-2,5-8H2. The molecule has 1 atom stereocenters. The highest BCUT2D eigenvalue weighted by Crippen LogP contribution is 2.33. The number of nitrogens with one attached hydrogen (secondary N) is 1. The second-order valence-electron chi connectivity index (χ2n) is 4.61. The van der Waals surface area contributed by atoms with Gasteiger partial charge in [-0.25, -0.2) is 0 Å². The van der Waals surface area contributed by atoms with Gasteiger partial charge < -0.3 is 14.8 Å². The third kappa shape index (κ3) is 2.34. The topological polar surface area (TPSA) is 30.5 Å².